The van der Waals surface area contributed by atoms with Crippen molar-refractivity contribution < 1.29 is 24.3 Å². The number of carbonyl (C=O) groups is 4. The van der Waals surface area contributed by atoms with Gasteiger partial charge >= 0.3 is 0 Å². The zero-order valence-electron chi connectivity index (χ0n) is 21.4. The predicted octanol–water partition coefficient (Wildman–Crippen LogP) is 1.03. The molecule has 39 heavy (non-hydrogen) atoms. The van der Waals surface area contributed by atoms with Gasteiger partial charge < -0.3 is 26.4 Å². The number of hydrogen-bond donors (Lipinski definition) is 4. The third-order valence-corrected chi connectivity index (χ3v) is 7.23. The van der Waals surface area contributed by atoms with Crippen LogP contribution in [-0.2, 0) is 32.0 Å². The zero-order valence-corrected chi connectivity index (χ0v) is 22.3. The molecule has 0 spiro atoms. The number of nitrogens with zero attached hydrogens (tertiary/aromatic N) is 2. The summed E-state index contributed by atoms with van der Waals surface area (Å²) in [7, 11) is 0. The molecule has 2 aromatic carbocycles. The van der Waals surface area contributed by atoms with E-state index in [0.717, 1.165) is 16.7 Å². The molecular formula is C28H31N5O5S. The normalized spacial score (nSPS) is 18.3. The third kappa shape index (κ3) is 7.27. The Bertz CT molecular complexity index is 1300. The Kier molecular flexibility index (Phi) is 9.05. The molecule has 10 nitrogen and oxygen atoms in total. The number of β-amino-alcohol motifs (C(OH)–C–C–N with tert-alkyl or cyclic N) is 1. The van der Waals surface area contributed by atoms with Crippen molar-refractivity contribution in [3.63, 3.8) is 0 Å². The SMILES string of the molecule is CC(=O)N[C@@H](Cc1cscn1)C(=O)N1C[C@H](O)C[C@H]1C(=O)N[C@H](Cc1ccc(-c2ccccc2)cc1)C(N)=O. The van der Waals surface area contributed by atoms with Crippen molar-refractivity contribution in [2.75, 3.05) is 6.54 Å². The number of likely N-dealkylation sites (tertiary alicyclic amines) is 1. The first-order chi connectivity index (χ1) is 18.7. The maximum absolute atomic E-state index is 13.4. The second-order valence-corrected chi connectivity index (χ2v) is 10.3. The summed E-state index contributed by atoms with van der Waals surface area (Å²) in [6.07, 6.45) is -0.624. The highest BCUT2D eigenvalue weighted by Crippen LogP contribution is 2.22. The Balaban J connectivity index is 1.45. The molecular weight excluding hydrogens is 518 g/mol. The van der Waals surface area contributed by atoms with Crippen molar-refractivity contribution in [1.29, 1.82) is 0 Å². The first kappa shape index (κ1) is 27.9. The molecule has 1 fully saturated rings. The zero-order chi connectivity index (χ0) is 27.9. The summed E-state index contributed by atoms with van der Waals surface area (Å²) in [5.74, 6) is -2.23. The summed E-state index contributed by atoms with van der Waals surface area (Å²) in [4.78, 5) is 56.2. The van der Waals surface area contributed by atoms with E-state index >= 15 is 0 Å². The fourth-order valence-electron chi connectivity index (χ4n) is 4.69. The smallest absolute Gasteiger partial charge is 0.246 e. The molecule has 1 aromatic heterocycles. The van der Waals surface area contributed by atoms with Crippen molar-refractivity contribution >= 4 is 35.0 Å². The van der Waals surface area contributed by atoms with Crippen LogP contribution in [0.25, 0.3) is 11.1 Å². The Labute approximate surface area is 230 Å². The molecule has 0 saturated carbocycles. The summed E-state index contributed by atoms with van der Waals surface area (Å²) in [5.41, 5.74) is 10.7. The lowest BCUT2D eigenvalue weighted by atomic mass is 10.00. The summed E-state index contributed by atoms with van der Waals surface area (Å²) in [5, 5.41) is 17.4. The molecule has 1 aliphatic heterocycles. The summed E-state index contributed by atoms with van der Waals surface area (Å²) >= 11 is 1.36. The number of nitrogens with two attached hydrogens (primary N) is 1. The molecule has 0 unspecified atom stereocenters. The van der Waals surface area contributed by atoms with E-state index < -0.39 is 47.9 Å². The number of nitrogens with one attached hydrogen (secondary N) is 2. The number of primary amides is 1. The van der Waals surface area contributed by atoms with Crippen molar-refractivity contribution in [3.8, 4) is 11.1 Å². The molecule has 204 valence electrons. The lowest BCUT2D eigenvalue weighted by Crippen LogP contribution is -2.56. The minimum Gasteiger partial charge on any atom is -0.391 e. The van der Waals surface area contributed by atoms with Gasteiger partial charge in [0.25, 0.3) is 0 Å². The van der Waals surface area contributed by atoms with Gasteiger partial charge in [-0.2, -0.15) is 0 Å². The van der Waals surface area contributed by atoms with E-state index in [2.05, 4.69) is 15.6 Å². The van der Waals surface area contributed by atoms with Crippen molar-refractivity contribution in [2.24, 2.45) is 5.73 Å². The molecule has 0 bridgehead atoms. The number of amides is 4. The van der Waals surface area contributed by atoms with E-state index in [-0.39, 0.29) is 25.8 Å². The minimum atomic E-state index is -1.03. The highest BCUT2D eigenvalue weighted by atomic mass is 32.1. The molecule has 2 heterocycles. The lowest BCUT2D eigenvalue weighted by Gasteiger charge is -2.29. The first-order valence-electron chi connectivity index (χ1n) is 12.6. The van der Waals surface area contributed by atoms with Crippen LogP contribution in [-0.4, -0.2) is 69.4 Å². The number of aliphatic hydroxyl groups excluding tert-OH is 1. The molecule has 4 atom stereocenters. The van der Waals surface area contributed by atoms with Crippen molar-refractivity contribution in [2.45, 2.75) is 50.4 Å². The fourth-order valence-corrected chi connectivity index (χ4v) is 5.26. The second-order valence-electron chi connectivity index (χ2n) is 9.56. The Morgan fingerprint density at radius 3 is 2.33 bits per heavy atom. The monoisotopic (exact) mass is 549 g/mol. The third-order valence-electron chi connectivity index (χ3n) is 6.60. The van der Waals surface area contributed by atoms with Gasteiger partial charge in [0.15, 0.2) is 0 Å². The van der Waals surface area contributed by atoms with E-state index in [4.69, 9.17) is 5.73 Å². The van der Waals surface area contributed by atoms with Crippen LogP contribution in [0.15, 0.2) is 65.5 Å². The van der Waals surface area contributed by atoms with E-state index in [0.29, 0.717) is 5.69 Å². The minimum absolute atomic E-state index is 0.00167. The maximum Gasteiger partial charge on any atom is 0.246 e. The number of thiazole rings is 1. The average molecular weight is 550 g/mol. The lowest BCUT2D eigenvalue weighted by molar-refractivity contribution is -0.142. The highest BCUT2D eigenvalue weighted by Gasteiger charge is 2.42. The molecule has 11 heteroatoms. The Hall–Kier alpha value is -4.09. The van der Waals surface area contributed by atoms with Crippen molar-refractivity contribution in [1.82, 2.24) is 20.5 Å². The average Bonchev–Trinajstić information content (AvgIpc) is 3.57. The van der Waals surface area contributed by atoms with Crippen LogP contribution in [0.3, 0.4) is 0 Å². The van der Waals surface area contributed by atoms with Gasteiger partial charge in [-0.1, -0.05) is 54.6 Å². The van der Waals surface area contributed by atoms with Crippen LogP contribution in [0.4, 0.5) is 0 Å². The van der Waals surface area contributed by atoms with Crippen LogP contribution >= 0.6 is 11.3 Å². The van der Waals surface area contributed by atoms with E-state index in [1.54, 1.807) is 10.9 Å². The second kappa shape index (κ2) is 12.6. The van der Waals surface area contributed by atoms with Gasteiger partial charge in [-0.25, -0.2) is 4.98 Å². The molecule has 0 aliphatic carbocycles. The number of carbonyl (C=O) groups excluding carboxylic acids is 4. The molecule has 4 amide bonds. The van der Waals surface area contributed by atoms with E-state index in [1.807, 2.05) is 54.6 Å². The van der Waals surface area contributed by atoms with Gasteiger partial charge in [-0.15, -0.1) is 11.3 Å². The predicted molar refractivity (Wildman–Crippen MR) is 146 cm³/mol. The topological polar surface area (TPSA) is 155 Å². The molecule has 3 aromatic rings. The van der Waals surface area contributed by atoms with Gasteiger partial charge in [0.05, 0.1) is 17.3 Å². The van der Waals surface area contributed by atoms with Crippen LogP contribution in [0.2, 0.25) is 0 Å². The highest BCUT2D eigenvalue weighted by molar-refractivity contribution is 7.07. The van der Waals surface area contributed by atoms with Crippen LogP contribution < -0.4 is 16.4 Å². The number of hydrogen-bond acceptors (Lipinski definition) is 7. The summed E-state index contributed by atoms with van der Waals surface area (Å²) in [6, 6.07) is 14.4. The van der Waals surface area contributed by atoms with Crippen molar-refractivity contribution in [3.05, 3.63) is 76.7 Å². The maximum atomic E-state index is 13.4. The Morgan fingerprint density at radius 2 is 1.72 bits per heavy atom. The molecule has 1 aliphatic rings. The number of benzene rings is 2. The summed E-state index contributed by atoms with van der Waals surface area (Å²) in [6.45, 7) is 1.22. The molecule has 5 N–H and O–H groups in total. The Morgan fingerprint density at radius 1 is 1.03 bits per heavy atom. The standard InChI is InChI=1S/C28H31N5O5S/c1-17(34)31-24(12-21-15-39-16-30-21)28(38)33-14-22(35)13-25(33)27(37)32-23(26(29)36)11-18-7-9-20(10-8-18)19-5-3-2-4-6-19/h2-10,15-16,22-25,35H,11-14H2,1H3,(H2,29,36)(H,31,34)(H,32,37)/t22-,23-,24+,25+/m1/s1. The summed E-state index contributed by atoms with van der Waals surface area (Å²) < 4.78 is 0. The number of rotatable bonds is 10. The van der Waals surface area contributed by atoms with E-state index in [9.17, 15) is 24.3 Å². The van der Waals surface area contributed by atoms with E-state index in [1.165, 1.54) is 23.2 Å². The largest absolute Gasteiger partial charge is 0.391 e. The first-order valence-corrected chi connectivity index (χ1v) is 13.5. The van der Waals surface area contributed by atoms with Gasteiger partial charge in [0, 0.05) is 38.1 Å². The van der Waals surface area contributed by atoms with Gasteiger partial charge in [-0.05, 0) is 16.7 Å². The van der Waals surface area contributed by atoms with Gasteiger partial charge in [-0.3, -0.25) is 19.2 Å². The van der Waals surface area contributed by atoms with Crippen LogP contribution in [0, 0.1) is 0 Å². The van der Waals surface area contributed by atoms with Crippen LogP contribution in [0.1, 0.15) is 24.6 Å². The molecule has 4 rings (SSSR count). The van der Waals surface area contributed by atoms with Gasteiger partial charge in [0.1, 0.15) is 18.1 Å². The number of aliphatic hydroxyl groups is 1. The number of aromatic nitrogens is 1. The fraction of sp³-hybridized carbons (Fsp3) is 0.321. The van der Waals surface area contributed by atoms with Gasteiger partial charge in [0.2, 0.25) is 23.6 Å². The quantitative estimate of drug-likeness (QED) is 0.296. The molecule has 0 radical (unpaired) electrons. The molecule has 1 saturated heterocycles. The van der Waals surface area contributed by atoms with Crippen LogP contribution in [0.5, 0.6) is 0 Å².